The Balaban J connectivity index is 0.000000230. The van der Waals surface area contributed by atoms with E-state index in [1.165, 1.54) is 45.6 Å². The number of methoxy groups -OCH3 is 1. The molecule has 164 valence electrons. The van der Waals surface area contributed by atoms with Gasteiger partial charge in [0, 0.05) is 32.9 Å². The standard InChI is InChI=1S/C11H13F3N2O2.C9H13N3/c1-15-10(17)16-6-7-3-4-9(18-2)8(5-7)11(12,13)14;1-2-7-12(8-3-1)9-5-4-6-10-11-9/h3-5H,6H2,1-2H3,(H2,15,16,17);4-6H,1-3,7-8H2. The molecule has 2 heterocycles. The summed E-state index contributed by atoms with van der Waals surface area (Å²) in [4.78, 5) is 13.2. The van der Waals surface area contributed by atoms with Gasteiger partial charge in [-0.05, 0) is 49.1 Å². The molecule has 10 heteroatoms. The fourth-order valence-electron chi connectivity index (χ4n) is 2.94. The minimum Gasteiger partial charge on any atom is -0.496 e. The molecule has 1 aliphatic rings. The third-order valence-electron chi connectivity index (χ3n) is 4.49. The molecule has 1 fully saturated rings. The van der Waals surface area contributed by atoms with Crippen molar-refractivity contribution in [3.8, 4) is 5.75 Å². The molecule has 0 aliphatic carbocycles. The largest absolute Gasteiger partial charge is 0.496 e. The predicted molar refractivity (Wildman–Crippen MR) is 107 cm³/mol. The number of aromatic nitrogens is 2. The van der Waals surface area contributed by atoms with Crippen LogP contribution in [-0.2, 0) is 12.7 Å². The van der Waals surface area contributed by atoms with E-state index in [2.05, 4.69) is 30.5 Å². The Kier molecular flexibility index (Phi) is 8.70. The zero-order valence-corrected chi connectivity index (χ0v) is 17.0. The number of carbonyl (C=O) groups excluding carboxylic acids is 1. The van der Waals surface area contributed by atoms with Gasteiger partial charge >= 0.3 is 12.2 Å². The number of ether oxygens (including phenoxy) is 1. The Morgan fingerprint density at radius 1 is 1.20 bits per heavy atom. The Morgan fingerprint density at radius 2 is 1.93 bits per heavy atom. The lowest BCUT2D eigenvalue weighted by Gasteiger charge is -2.26. The first-order valence-electron chi connectivity index (χ1n) is 9.57. The number of hydrogen-bond donors (Lipinski definition) is 2. The molecule has 0 spiro atoms. The van der Waals surface area contributed by atoms with E-state index in [9.17, 15) is 18.0 Å². The number of urea groups is 1. The monoisotopic (exact) mass is 425 g/mol. The average molecular weight is 425 g/mol. The fraction of sp³-hybridized carbons (Fsp3) is 0.450. The summed E-state index contributed by atoms with van der Waals surface area (Å²) in [5.41, 5.74) is -0.520. The number of rotatable bonds is 4. The Morgan fingerprint density at radius 3 is 2.50 bits per heavy atom. The number of anilines is 1. The predicted octanol–water partition coefficient (Wildman–Crippen LogP) is 3.61. The highest BCUT2D eigenvalue weighted by atomic mass is 19.4. The van der Waals surface area contributed by atoms with E-state index in [4.69, 9.17) is 0 Å². The van der Waals surface area contributed by atoms with Crippen molar-refractivity contribution in [1.82, 2.24) is 20.8 Å². The molecule has 0 saturated carbocycles. The van der Waals surface area contributed by atoms with Crippen molar-refractivity contribution in [2.75, 3.05) is 32.1 Å². The summed E-state index contributed by atoms with van der Waals surface area (Å²) < 4.78 is 42.8. The van der Waals surface area contributed by atoms with Gasteiger partial charge in [0.25, 0.3) is 0 Å². The number of amides is 2. The lowest BCUT2D eigenvalue weighted by Crippen LogP contribution is -2.32. The van der Waals surface area contributed by atoms with Crippen molar-refractivity contribution in [3.63, 3.8) is 0 Å². The van der Waals surface area contributed by atoms with Crippen molar-refractivity contribution in [1.29, 1.82) is 0 Å². The molecular weight excluding hydrogens is 399 g/mol. The van der Waals surface area contributed by atoms with E-state index < -0.39 is 17.8 Å². The zero-order chi connectivity index (χ0) is 22.0. The van der Waals surface area contributed by atoms with Gasteiger partial charge in [-0.3, -0.25) is 0 Å². The molecule has 2 aromatic rings. The molecule has 1 saturated heterocycles. The summed E-state index contributed by atoms with van der Waals surface area (Å²) in [7, 11) is 2.59. The van der Waals surface area contributed by atoms with Gasteiger partial charge < -0.3 is 20.3 Å². The third-order valence-corrected chi connectivity index (χ3v) is 4.49. The third kappa shape index (κ3) is 7.09. The quantitative estimate of drug-likeness (QED) is 0.783. The van der Waals surface area contributed by atoms with Crippen LogP contribution in [0.5, 0.6) is 5.75 Å². The lowest BCUT2D eigenvalue weighted by atomic mass is 10.1. The maximum Gasteiger partial charge on any atom is 0.419 e. The van der Waals surface area contributed by atoms with Crippen LogP contribution in [0.25, 0.3) is 0 Å². The zero-order valence-electron chi connectivity index (χ0n) is 17.0. The minimum absolute atomic E-state index is 0.00669. The summed E-state index contributed by atoms with van der Waals surface area (Å²) in [6.07, 6.45) is 1.16. The molecule has 2 N–H and O–H groups in total. The Labute approximate surface area is 173 Å². The molecule has 2 amide bonds. The van der Waals surface area contributed by atoms with E-state index in [0.717, 1.165) is 25.0 Å². The highest BCUT2D eigenvalue weighted by Crippen LogP contribution is 2.36. The molecule has 1 aromatic heterocycles. The second kappa shape index (κ2) is 11.2. The fourth-order valence-corrected chi connectivity index (χ4v) is 2.94. The summed E-state index contributed by atoms with van der Waals surface area (Å²) in [6.45, 7) is 2.28. The first-order chi connectivity index (χ1) is 14.3. The number of benzene rings is 1. The van der Waals surface area contributed by atoms with Gasteiger partial charge in [-0.25, -0.2) is 4.79 Å². The topological polar surface area (TPSA) is 79.4 Å². The van der Waals surface area contributed by atoms with Crippen LogP contribution in [0.1, 0.15) is 30.4 Å². The summed E-state index contributed by atoms with van der Waals surface area (Å²) >= 11 is 0. The van der Waals surface area contributed by atoms with Crippen LogP contribution in [0, 0.1) is 0 Å². The van der Waals surface area contributed by atoms with E-state index in [1.807, 2.05) is 12.1 Å². The van der Waals surface area contributed by atoms with Crippen LogP contribution < -0.4 is 20.3 Å². The van der Waals surface area contributed by atoms with Gasteiger partial charge in [0.05, 0.1) is 12.7 Å². The van der Waals surface area contributed by atoms with E-state index in [0.29, 0.717) is 5.56 Å². The number of hydrogen-bond acceptors (Lipinski definition) is 5. The van der Waals surface area contributed by atoms with Crippen LogP contribution >= 0.6 is 0 Å². The van der Waals surface area contributed by atoms with Crippen LogP contribution in [-0.4, -0.2) is 43.5 Å². The first kappa shape index (κ1) is 23.2. The number of alkyl halides is 3. The van der Waals surface area contributed by atoms with Crippen molar-refractivity contribution in [2.24, 2.45) is 0 Å². The molecule has 3 rings (SSSR count). The normalized spacial score (nSPS) is 13.7. The van der Waals surface area contributed by atoms with E-state index >= 15 is 0 Å². The van der Waals surface area contributed by atoms with E-state index in [1.54, 1.807) is 6.20 Å². The van der Waals surface area contributed by atoms with Crippen molar-refractivity contribution < 1.29 is 22.7 Å². The molecular formula is C20H26F3N5O2. The molecule has 7 nitrogen and oxygen atoms in total. The van der Waals surface area contributed by atoms with Crippen LogP contribution in [0.4, 0.5) is 23.8 Å². The van der Waals surface area contributed by atoms with Crippen molar-refractivity contribution in [3.05, 3.63) is 47.7 Å². The highest BCUT2D eigenvalue weighted by molar-refractivity contribution is 5.73. The van der Waals surface area contributed by atoms with Gasteiger partial charge in [-0.2, -0.15) is 18.3 Å². The Hall–Kier alpha value is -3.04. The molecule has 0 unspecified atom stereocenters. The van der Waals surface area contributed by atoms with Gasteiger partial charge in [-0.1, -0.05) is 6.07 Å². The molecule has 0 bridgehead atoms. The summed E-state index contributed by atoms with van der Waals surface area (Å²) in [5.74, 6) is 0.781. The second-order valence-electron chi connectivity index (χ2n) is 6.59. The average Bonchev–Trinajstić information content (AvgIpc) is 2.78. The smallest absolute Gasteiger partial charge is 0.419 e. The molecule has 0 atom stereocenters. The summed E-state index contributed by atoms with van der Waals surface area (Å²) in [6, 6.07) is 7.15. The van der Waals surface area contributed by atoms with Gasteiger partial charge in [0.2, 0.25) is 0 Å². The number of carbonyl (C=O) groups is 1. The van der Waals surface area contributed by atoms with Crippen molar-refractivity contribution in [2.45, 2.75) is 32.0 Å². The Bertz CT molecular complexity index is 797. The molecule has 30 heavy (non-hydrogen) atoms. The van der Waals surface area contributed by atoms with E-state index in [-0.39, 0.29) is 12.3 Å². The van der Waals surface area contributed by atoms with Crippen molar-refractivity contribution >= 4 is 11.8 Å². The SMILES string of the molecule is CNC(=O)NCc1ccc(OC)c(C(F)(F)F)c1.c1cnnc(N2CCCCC2)c1. The second-order valence-corrected chi connectivity index (χ2v) is 6.59. The first-order valence-corrected chi connectivity index (χ1v) is 9.57. The molecule has 1 aliphatic heterocycles. The van der Waals surface area contributed by atoms with Gasteiger partial charge in [-0.15, -0.1) is 5.10 Å². The van der Waals surface area contributed by atoms with Crippen LogP contribution in [0.15, 0.2) is 36.5 Å². The number of nitrogens with zero attached hydrogens (tertiary/aromatic N) is 3. The van der Waals surface area contributed by atoms with Gasteiger partial charge in [0.1, 0.15) is 5.75 Å². The number of halogens is 3. The summed E-state index contributed by atoms with van der Waals surface area (Å²) in [5, 5.41) is 12.7. The minimum atomic E-state index is -4.49. The van der Waals surface area contributed by atoms with Crippen LogP contribution in [0.2, 0.25) is 0 Å². The number of piperidine rings is 1. The molecule has 1 aromatic carbocycles. The highest BCUT2D eigenvalue weighted by Gasteiger charge is 2.34. The van der Waals surface area contributed by atoms with Crippen LogP contribution in [0.3, 0.4) is 0 Å². The van der Waals surface area contributed by atoms with Gasteiger partial charge in [0.15, 0.2) is 5.82 Å². The maximum absolute atomic E-state index is 12.7. The maximum atomic E-state index is 12.7. The molecule has 0 radical (unpaired) electrons. The number of nitrogens with one attached hydrogen (secondary N) is 2. The lowest BCUT2D eigenvalue weighted by molar-refractivity contribution is -0.138.